The summed E-state index contributed by atoms with van der Waals surface area (Å²) >= 11 is 12.6. The first-order valence-electron chi connectivity index (χ1n) is 9.81. The highest BCUT2D eigenvalue weighted by Gasteiger charge is 2.45. The highest BCUT2D eigenvalue weighted by Crippen LogP contribution is 2.40. The lowest BCUT2D eigenvalue weighted by Crippen LogP contribution is -2.34. The van der Waals surface area contributed by atoms with Crippen molar-refractivity contribution in [3.8, 4) is 11.4 Å². The Kier molecular flexibility index (Phi) is 5.79. The van der Waals surface area contributed by atoms with E-state index in [1.54, 1.807) is 29.3 Å². The summed E-state index contributed by atoms with van der Waals surface area (Å²) in [4.78, 5) is 4.11. The van der Waals surface area contributed by atoms with E-state index in [4.69, 9.17) is 37.4 Å². The second-order valence-corrected chi connectivity index (χ2v) is 8.07. The van der Waals surface area contributed by atoms with Crippen molar-refractivity contribution < 1.29 is 14.2 Å². The normalized spacial score (nSPS) is 20.5. The molecule has 1 fully saturated rings. The van der Waals surface area contributed by atoms with Crippen LogP contribution in [0.5, 0.6) is 5.75 Å². The van der Waals surface area contributed by atoms with Crippen LogP contribution in [0.25, 0.3) is 5.69 Å². The zero-order valence-electron chi connectivity index (χ0n) is 16.7. The topological polar surface area (TPSA) is 89.1 Å². The maximum absolute atomic E-state index is 6.50. The van der Waals surface area contributed by atoms with Gasteiger partial charge in [-0.1, -0.05) is 29.3 Å². The van der Waals surface area contributed by atoms with E-state index in [0.29, 0.717) is 41.1 Å². The van der Waals surface area contributed by atoms with Crippen molar-refractivity contribution in [2.45, 2.75) is 18.4 Å². The maximum Gasteiger partial charge on any atom is 0.215 e. The third-order valence-electron chi connectivity index (χ3n) is 5.04. The number of tetrazole rings is 1. The highest BCUT2D eigenvalue weighted by atomic mass is 35.5. The summed E-state index contributed by atoms with van der Waals surface area (Å²) < 4.78 is 22.0. The molecule has 2 aromatic heterocycles. The first-order valence-corrected chi connectivity index (χ1v) is 10.6. The molecule has 5 rings (SSSR count). The third kappa shape index (κ3) is 4.33. The Balaban J connectivity index is 1.30. The van der Waals surface area contributed by atoms with Crippen molar-refractivity contribution in [1.82, 2.24) is 29.8 Å². The van der Waals surface area contributed by atoms with E-state index in [0.717, 1.165) is 5.69 Å². The van der Waals surface area contributed by atoms with Gasteiger partial charge in [0.05, 0.1) is 30.2 Å². The lowest BCUT2D eigenvalue weighted by molar-refractivity contribution is -0.189. The molecule has 9 nitrogen and oxygen atoms in total. The Hall–Kier alpha value is -2.98. The molecular weight excluding hydrogens is 455 g/mol. The van der Waals surface area contributed by atoms with Crippen molar-refractivity contribution in [3.63, 3.8) is 0 Å². The van der Waals surface area contributed by atoms with Crippen LogP contribution in [-0.4, -0.2) is 49.1 Å². The fourth-order valence-electron chi connectivity index (χ4n) is 3.54. The van der Waals surface area contributed by atoms with Crippen molar-refractivity contribution in [1.29, 1.82) is 0 Å². The van der Waals surface area contributed by atoms with Gasteiger partial charge in [-0.3, -0.25) is 0 Å². The molecule has 0 bridgehead atoms. The van der Waals surface area contributed by atoms with Gasteiger partial charge in [0.2, 0.25) is 5.79 Å². The van der Waals surface area contributed by atoms with Gasteiger partial charge in [-0.25, -0.2) is 9.67 Å². The van der Waals surface area contributed by atoms with Crippen LogP contribution in [0.3, 0.4) is 0 Å². The number of benzene rings is 2. The van der Waals surface area contributed by atoms with E-state index in [9.17, 15) is 0 Å². The quantitative estimate of drug-likeness (QED) is 0.406. The summed E-state index contributed by atoms with van der Waals surface area (Å²) in [6.07, 6.45) is 6.47. The summed E-state index contributed by atoms with van der Waals surface area (Å²) in [5.74, 6) is -0.387. The van der Waals surface area contributed by atoms with Gasteiger partial charge in [-0.05, 0) is 46.8 Å². The van der Waals surface area contributed by atoms with Crippen LogP contribution in [0.4, 0.5) is 0 Å². The molecule has 11 heteroatoms. The van der Waals surface area contributed by atoms with Gasteiger partial charge in [0.25, 0.3) is 0 Å². The molecule has 2 unspecified atom stereocenters. The van der Waals surface area contributed by atoms with E-state index < -0.39 is 5.79 Å². The summed E-state index contributed by atoms with van der Waals surface area (Å²) in [6, 6.07) is 12.7. The molecule has 0 radical (unpaired) electrons. The van der Waals surface area contributed by atoms with Crippen LogP contribution in [0.2, 0.25) is 10.0 Å². The number of hydrogen-bond acceptors (Lipinski definition) is 7. The predicted molar refractivity (Wildman–Crippen MR) is 116 cm³/mol. The summed E-state index contributed by atoms with van der Waals surface area (Å²) in [5.41, 5.74) is 1.53. The van der Waals surface area contributed by atoms with Crippen molar-refractivity contribution in [2.75, 3.05) is 13.2 Å². The number of aromatic nitrogens is 6. The Morgan fingerprint density at radius 2 is 2.00 bits per heavy atom. The first-order chi connectivity index (χ1) is 15.6. The van der Waals surface area contributed by atoms with Gasteiger partial charge in [0.15, 0.2) is 0 Å². The van der Waals surface area contributed by atoms with E-state index >= 15 is 0 Å². The Morgan fingerprint density at radius 3 is 2.72 bits per heavy atom. The van der Waals surface area contributed by atoms with Crippen LogP contribution in [0.15, 0.2) is 67.5 Å². The Morgan fingerprint density at radius 1 is 1.12 bits per heavy atom. The average molecular weight is 473 g/mol. The molecular formula is C21H18Cl2N6O3. The standard InChI is InChI=1S/C21H18Cl2N6O3/c22-15-1-6-19(20(23)9-15)21(12-28-8-7-24-13-28)31-11-18(32-21)10-30-17-4-2-16(3-5-17)29-14-25-26-27-29/h1-9,13-14,18H,10-12H2. The lowest BCUT2D eigenvalue weighted by Gasteiger charge is -2.30. The van der Waals surface area contributed by atoms with E-state index in [1.165, 1.54) is 6.33 Å². The van der Waals surface area contributed by atoms with Crippen molar-refractivity contribution in [3.05, 3.63) is 83.1 Å². The minimum absolute atomic E-state index is 0.301. The molecule has 1 aliphatic rings. The maximum atomic E-state index is 6.50. The largest absolute Gasteiger partial charge is 0.491 e. The summed E-state index contributed by atoms with van der Waals surface area (Å²) in [6.45, 7) is 1.03. The van der Waals surface area contributed by atoms with Gasteiger partial charge >= 0.3 is 0 Å². The van der Waals surface area contributed by atoms with E-state index in [1.807, 2.05) is 41.1 Å². The van der Waals surface area contributed by atoms with E-state index in [-0.39, 0.29) is 6.10 Å². The third-order valence-corrected chi connectivity index (χ3v) is 5.58. The molecule has 32 heavy (non-hydrogen) atoms. The molecule has 2 atom stereocenters. The SMILES string of the molecule is Clc1ccc(C2(Cn3ccnc3)OCC(COc3ccc(-n4cnnn4)cc3)O2)c(Cl)c1. The summed E-state index contributed by atoms with van der Waals surface area (Å²) in [5, 5.41) is 12.1. The fourth-order valence-corrected chi connectivity index (χ4v) is 4.09. The van der Waals surface area contributed by atoms with Gasteiger partial charge in [-0.15, -0.1) is 5.10 Å². The highest BCUT2D eigenvalue weighted by molar-refractivity contribution is 6.35. The second kappa shape index (κ2) is 8.87. The molecule has 0 saturated carbocycles. The first kappa shape index (κ1) is 20.9. The number of imidazole rings is 1. The molecule has 164 valence electrons. The minimum atomic E-state index is -1.08. The van der Waals surface area contributed by atoms with Gasteiger partial charge in [-0.2, -0.15) is 0 Å². The fraction of sp³-hybridized carbons (Fsp3) is 0.238. The molecule has 3 heterocycles. The lowest BCUT2D eigenvalue weighted by atomic mass is 10.1. The van der Waals surface area contributed by atoms with Crippen molar-refractivity contribution in [2.24, 2.45) is 0 Å². The summed E-state index contributed by atoms with van der Waals surface area (Å²) in [7, 11) is 0. The molecule has 0 amide bonds. The minimum Gasteiger partial charge on any atom is -0.491 e. The number of ether oxygens (including phenoxy) is 3. The predicted octanol–water partition coefficient (Wildman–Crippen LogP) is 3.51. The average Bonchev–Trinajstić information content (AvgIpc) is 3.56. The number of hydrogen-bond donors (Lipinski definition) is 0. The molecule has 1 saturated heterocycles. The molecule has 0 aliphatic carbocycles. The van der Waals surface area contributed by atoms with Crippen LogP contribution in [-0.2, 0) is 21.8 Å². The zero-order valence-corrected chi connectivity index (χ0v) is 18.2. The Bertz CT molecular complexity index is 1170. The van der Waals surface area contributed by atoms with Gasteiger partial charge < -0.3 is 18.8 Å². The molecule has 0 spiro atoms. The van der Waals surface area contributed by atoms with Crippen LogP contribution < -0.4 is 4.74 Å². The molecule has 4 aromatic rings. The van der Waals surface area contributed by atoms with Gasteiger partial charge in [0, 0.05) is 23.0 Å². The second-order valence-electron chi connectivity index (χ2n) is 7.22. The van der Waals surface area contributed by atoms with Crippen LogP contribution >= 0.6 is 23.2 Å². The number of halogens is 2. The molecule has 0 N–H and O–H groups in total. The Labute approximate surface area is 193 Å². The zero-order chi connectivity index (χ0) is 22.0. The van der Waals surface area contributed by atoms with Gasteiger partial charge in [0.1, 0.15) is 24.8 Å². The van der Waals surface area contributed by atoms with Crippen LogP contribution in [0, 0.1) is 0 Å². The number of rotatable bonds is 7. The number of nitrogens with zero attached hydrogens (tertiary/aromatic N) is 6. The monoisotopic (exact) mass is 472 g/mol. The van der Waals surface area contributed by atoms with Crippen LogP contribution in [0.1, 0.15) is 5.56 Å². The smallest absolute Gasteiger partial charge is 0.215 e. The van der Waals surface area contributed by atoms with Crippen molar-refractivity contribution >= 4 is 23.2 Å². The van der Waals surface area contributed by atoms with E-state index in [2.05, 4.69) is 20.5 Å². The molecule has 2 aromatic carbocycles. The molecule has 1 aliphatic heterocycles.